The van der Waals surface area contributed by atoms with Crippen LogP contribution in [0, 0.1) is 19.3 Å². The highest BCUT2D eigenvalue weighted by Crippen LogP contribution is 2.29. The molecule has 0 saturated carbocycles. The molecule has 0 unspecified atom stereocenters. The number of nitrogen functional groups attached to an aromatic ring is 1. The maximum atomic E-state index is 13.0. The molecule has 1 aliphatic rings. The second-order valence-electron chi connectivity index (χ2n) is 7.08. The van der Waals surface area contributed by atoms with Gasteiger partial charge in [0, 0.05) is 23.2 Å². The molecule has 0 bridgehead atoms. The summed E-state index contributed by atoms with van der Waals surface area (Å²) in [7, 11) is 0. The van der Waals surface area contributed by atoms with Gasteiger partial charge in [-0.05, 0) is 63.0 Å². The number of Topliss-reactive ketones (excluding diaryl/α,β-unsaturated/α-hetero) is 1. The van der Waals surface area contributed by atoms with Crippen molar-refractivity contribution in [3.8, 4) is 0 Å². The Morgan fingerprint density at radius 2 is 1.67 bits per heavy atom. The zero-order chi connectivity index (χ0) is 15.6. The van der Waals surface area contributed by atoms with Gasteiger partial charge in [-0.25, -0.2) is 0 Å². The fourth-order valence-electron chi connectivity index (χ4n) is 3.44. The smallest absolute Gasteiger partial charge is 0.170 e. The molecule has 0 amide bonds. The van der Waals surface area contributed by atoms with E-state index in [1.807, 2.05) is 26.0 Å². The lowest BCUT2D eigenvalue weighted by molar-refractivity contribution is 0.0743. The Morgan fingerprint density at radius 3 is 2.19 bits per heavy atom. The fraction of sp³-hybridized carbons (Fsp3) is 0.611. The van der Waals surface area contributed by atoms with Gasteiger partial charge in [-0.2, -0.15) is 0 Å². The molecule has 1 aliphatic heterocycles. The minimum atomic E-state index is -0.358. The first-order valence-electron chi connectivity index (χ1n) is 7.95. The normalized spacial score (nSPS) is 17.0. The summed E-state index contributed by atoms with van der Waals surface area (Å²) in [5.41, 5.74) is 9.07. The molecule has 0 spiro atoms. The highest BCUT2D eigenvalue weighted by molar-refractivity contribution is 6.03. The van der Waals surface area contributed by atoms with Crippen LogP contribution in [0.2, 0.25) is 0 Å². The van der Waals surface area contributed by atoms with E-state index in [1.54, 1.807) is 0 Å². The van der Waals surface area contributed by atoms with Crippen molar-refractivity contribution in [2.75, 3.05) is 25.4 Å². The van der Waals surface area contributed by atoms with Gasteiger partial charge >= 0.3 is 0 Å². The van der Waals surface area contributed by atoms with E-state index in [2.05, 4.69) is 18.7 Å². The van der Waals surface area contributed by atoms with Crippen LogP contribution in [-0.2, 0) is 0 Å². The molecule has 2 N–H and O–H groups in total. The molecule has 3 heteroatoms. The first kappa shape index (κ1) is 16.0. The minimum Gasteiger partial charge on any atom is -0.399 e. The number of anilines is 1. The van der Waals surface area contributed by atoms with Gasteiger partial charge in [0.1, 0.15) is 0 Å². The summed E-state index contributed by atoms with van der Waals surface area (Å²) < 4.78 is 0. The highest BCUT2D eigenvalue weighted by Gasteiger charge is 2.33. The summed E-state index contributed by atoms with van der Waals surface area (Å²) in [5.74, 6) is 0.239. The summed E-state index contributed by atoms with van der Waals surface area (Å²) in [6.45, 7) is 11.2. The topological polar surface area (TPSA) is 46.3 Å². The quantitative estimate of drug-likeness (QED) is 0.680. The van der Waals surface area contributed by atoms with E-state index in [0.717, 1.165) is 42.0 Å². The molecule has 2 rings (SSSR count). The Kier molecular flexibility index (Phi) is 4.72. The largest absolute Gasteiger partial charge is 0.399 e. The summed E-state index contributed by atoms with van der Waals surface area (Å²) in [5, 5.41) is 0. The number of carbonyl (C=O) groups excluding carboxylic acids is 1. The molecule has 0 aromatic heterocycles. The third-order valence-electron chi connectivity index (χ3n) is 4.46. The molecule has 0 atom stereocenters. The number of aryl methyl sites for hydroxylation is 2. The zero-order valence-corrected chi connectivity index (χ0v) is 13.8. The Bertz CT molecular complexity index is 505. The number of nitrogens with two attached hydrogens (primary N) is 1. The Morgan fingerprint density at radius 1 is 1.14 bits per heavy atom. The Labute approximate surface area is 128 Å². The van der Waals surface area contributed by atoms with Crippen LogP contribution in [-0.4, -0.2) is 30.3 Å². The van der Waals surface area contributed by atoms with E-state index < -0.39 is 0 Å². The van der Waals surface area contributed by atoms with Crippen molar-refractivity contribution in [2.24, 2.45) is 5.41 Å². The zero-order valence-electron chi connectivity index (χ0n) is 13.8. The number of hydrogen-bond donors (Lipinski definition) is 1. The van der Waals surface area contributed by atoms with E-state index in [4.69, 9.17) is 5.73 Å². The molecule has 1 fully saturated rings. The van der Waals surface area contributed by atoms with Crippen LogP contribution in [0.4, 0.5) is 5.69 Å². The molecular formula is C18H28N2O. The predicted octanol–water partition coefficient (Wildman–Crippen LogP) is 3.58. The van der Waals surface area contributed by atoms with E-state index in [9.17, 15) is 4.79 Å². The van der Waals surface area contributed by atoms with Crippen LogP contribution in [0.1, 0.15) is 54.6 Å². The summed E-state index contributed by atoms with van der Waals surface area (Å²) in [6.07, 6.45) is 3.83. The molecule has 116 valence electrons. The number of nitrogens with zero attached hydrogens (tertiary/aromatic N) is 1. The molecule has 0 radical (unpaired) electrons. The SMILES string of the molecule is Cc1cc(N)cc(C)c1C(=O)C(C)(C)CN1CCCCC1. The summed E-state index contributed by atoms with van der Waals surface area (Å²) in [6, 6.07) is 3.80. The second kappa shape index (κ2) is 6.18. The van der Waals surface area contributed by atoms with Gasteiger partial charge in [-0.1, -0.05) is 20.3 Å². The standard InChI is InChI=1S/C18H28N2O/c1-13-10-15(19)11-14(2)16(13)17(21)18(3,4)12-20-8-6-5-7-9-20/h10-11H,5-9,12,19H2,1-4H3. The minimum absolute atomic E-state index is 0.239. The lowest BCUT2D eigenvalue weighted by Gasteiger charge is -2.34. The number of likely N-dealkylation sites (tertiary alicyclic amines) is 1. The fourth-order valence-corrected chi connectivity index (χ4v) is 3.44. The number of hydrogen-bond acceptors (Lipinski definition) is 3. The summed E-state index contributed by atoms with van der Waals surface area (Å²) >= 11 is 0. The molecule has 0 aliphatic carbocycles. The van der Waals surface area contributed by atoms with E-state index in [-0.39, 0.29) is 11.2 Å². The van der Waals surface area contributed by atoms with Crippen LogP contribution >= 0.6 is 0 Å². The maximum Gasteiger partial charge on any atom is 0.170 e. The third-order valence-corrected chi connectivity index (χ3v) is 4.46. The van der Waals surface area contributed by atoms with Crippen LogP contribution < -0.4 is 5.73 Å². The van der Waals surface area contributed by atoms with Crippen molar-refractivity contribution in [3.63, 3.8) is 0 Å². The molecule has 21 heavy (non-hydrogen) atoms. The average molecular weight is 288 g/mol. The predicted molar refractivity (Wildman–Crippen MR) is 88.7 cm³/mol. The van der Waals surface area contributed by atoms with Crippen LogP contribution in [0.3, 0.4) is 0 Å². The molecular weight excluding hydrogens is 260 g/mol. The monoisotopic (exact) mass is 288 g/mol. The van der Waals surface area contributed by atoms with Gasteiger partial charge in [0.15, 0.2) is 5.78 Å². The van der Waals surface area contributed by atoms with Gasteiger partial charge < -0.3 is 10.6 Å². The number of ketones is 1. The van der Waals surface area contributed by atoms with Gasteiger partial charge in [-0.15, -0.1) is 0 Å². The van der Waals surface area contributed by atoms with Crippen LogP contribution in [0.5, 0.6) is 0 Å². The lowest BCUT2D eigenvalue weighted by Crippen LogP contribution is -2.42. The Balaban J connectivity index is 2.21. The Hall–Kier alpha value is -1.35. The van der Waals surface area contributed by atoms with Gasteiger partial charge in [-0.3, -0.25) is 4.79 Å². The molecule has 3 nitrogen and oxygen atoms in total. The third kappa shape index (κ3) is 3.65. The average Bonchev–Trinajstić information content (AvgIpc) is 2.38. The van der Waals surface area contributed by atoms with Gasteiger partial charge in [0.05, 0.1) is 0 Å². The molecule has 1 heterocycles. The van der Waals surface area contributed by atoms with Gasteiger partial charge in [0.2, 0.25) is 0 Å². The van der Waals surface area contributed by atoms with E-state index in [0.29, 0.717) is 0 Å². The van der Waals surface area contributed by atoms with Crippen molar-refractivity contribution < 1.29 is 4.79 Å². The molecule has 1 aromatic carbocycles. The van der Waals surface area contributed by atoms with Crippen molar-refractivity contribution in [3.05, 3.63) is 28.8 Å². The second-order valence-corrected chi connectivity index (χ2v) is 7.08. The lowest BCUT2D eigenvalue weighted by atomic mass is 9.80. The first-order chi connectivity index (χ1) is 9.81. The number of benzene rings is 1. The van der Waals surface area contributed by atoms with E-state index >= 15 is 0 Å². The van der Waals surface area contributed by atoms with Crippen LogP contribution in [0.25, 0.3) is 0 Å². The first-order valence-corrected chi connectivity index (χ1v) is 7.95. The molecule has 1 saturated heterocycles. The van der Waals surface area contributed by atoms with Crippen LogP contribution in [0.15, 0.2) is 12.1 Å². The summed E-state index contributed by atoms with van der Waals surface area (Å²) in [4.78, 5) is 15.5. The number of carbonyl (C=O) groups is 1. The van der Waals surface area contributed by atoms with Crippen molar-refractivity contribution in [1.29, 1.82) is 0 Å². The van der Waals surface area contributed by atoms with Crippen molar-refractivity contribution >= 4 is 11.5 Å². The van der Waals surface area contributed by atoms with Crippen molar-refractivity contribution in [2.45, 2.75) is 47.0 Å². The van der Waals surface area contributed by atoms with Gasteiger partial charge in [0.25, 0.3) is 0 Å². The number of piperidine rings is 1. The van der Waals surface area contributed by atoms with E-state index in [1.165, 1.54) is 19.3 Å². The maximum absolute atomic E-state index is 13.0. The number of rotatable bonds is 4. The van der Waals surface area contributed by atoms with Crippen molar-refractivity contribution in [1.82, 2.24) is 4.90 Å². The highest BCUT2D eigenvalue weighted by atomic mass is 16.1. The molecule has 1 aromatic rings.